The van der Waals surface area contributed by atoms with Crippen molar-refractivity contribution in [3.8, 4) is 11.5 Å². The quantitative estimate of drug-likeness (QED) is 0.920. The normalized spacial score (nSPS) is 24.7. The SMILES string of the molecule is Cc1ccc2c(c1[C@H]1CCN(C[C@@H]3NCCc4ccccc43)C1)OCO2. The van der Waals surface area contributed by atoms with E-state index in [0.717, 1.165) is 44.1 Å². The van der Waals surface area contributed by atoms with Gasteiger partial charge in [0.1, 0.15) is 0 Å². The van der Waals surface area contributed by atoms with Gasteiger partial charge in [0.15, 0.2) is 11.5 Å². The fourth-order valence-corrected chi connectivity index (χ4v) is 4.85. The Morgan fingerprint density at radius 1 is 1.15 bits per heavy atom. The van der Waals surface area contributed by atoms with E-state index in [4.69, 9.17) is 9.47 Å². The molecule has 4 heteroatoms. The molecule has 0 saturated carbocycles. The predicted molar refractivity (Wildman–Crippen MR) is 102 cm³/mol. The molecule has 3 heterocycles. The lowest BCUT2D eigenvalue weighted by Gasteiger charge is -2.30. The van der Waals surface area contributed by atoms with E-state index < -0.39 is 0 Å². The highest BCUT2D eigenvalue weighted by Crippen LogP contribution is 2.44. The Balaban J connectivity index is 1.33. The van der Waals surface area contributed by atoms with E-state index in [1.54, 1.807) is 0 Å². The van der Waals surface area contributed by atoms with E-state index in [2.05, 4.69) is 47.5 Å². The van der Waals surface area contributed by atoms with Crippen molar-refractivity contribution in [3.05, 3.63) is 58.7 Å². The molecule has 0 radical (unpaired) electrons. The van der Waals surface area contributed by atoms with Gasteiger partial charge in [-0.15, -0.1) is 0 Å². The van der Waals surface area contributed by atoms with Crippen molar-refractivity contribution in [1.82, 2.24) is 10.2 Å². The first kappa shape index (κ1) is 16.2. The van der Waals surface area contributed by atoms with E-state index in [9.17, 15) is 0 Å². The van der Waals surface area contributed by atoms with Gasteiger partial charge in [-0.25, -0.2) is 0 Å². The smallest absolute Gasteiger partial charge is 0.231 e. The molecule has 3 aliphatic heterocycles. The average molecular weight is 350 g/mol. The predicted octanol–water partition coefficient (Wildman–Crippen LogP) is 3.40. The second kappa shape index (κ2) is 6.60. The Hall–Kier alpha value is -2.04. The number of fused-ring (bicyclic) bond motifs is 2. The lowest BCUT2D eigenvalue weighted by molar-refractivity contribution is 0.173. The lowest BCUT2D eigenvalue weighted by Crippen LogP contribution is -2.38. The largest absolute Gasteiger partial charge is 0.454 e. The van der Waals surface area contributed by atoms with Crippen LogP contribution in [0, 0.1) is 6.92 Å². The van der Waals surface area contributed by atoms with Crippen LogP contribution in [0.15, 0.2) is 36.4 Å². The van der Waals surface area contributed by atoms with E-state index >= 15 is 0 Å². The highest BCUT2D eigenvalue weighted by atomic mass is 16.7. The average Bonchev–Trinajstić information content (AvgIpc) is 3.31. The van der Waals surface area contributed by atoms with Crippen LogP contribution in [0.4, 0.5) is 0 Å². The van der Waals surface area contributed by atoms with Crippen LogP contribution >= 0.6 is 0 Å². The minimum Gasteiger partial charge on any atom is -0.454 e. The molecule has 2 atom stereocenters. The van der Waals surface area contributed by atoms with E-state index in [-0.39, 0.29) is 0 Å². The fourth-order valence-electron chi connectivity index (χ4n) is 4.85. The van der Waals surface area contributed by atoms with Gasteiger partial charge < -0.3 is 19.7 Å². The second-order valence-electron chi connectivity index (χ2n) is 7.73. The first-order valence-electron chi connectivity index (χ1n) is 9.72. The van der Waals surface area contributed by atoms with Gasteiger partial charge in [-0.05, 0) is 55.6 Å². The van der Waals surface area contributed by atoms with E-state index in [1.807, 2.05) is 6.07 Å². The Morgan fingerprint density at radius 2 is 2.08 bits per heavy atom. The number of aryl methyl sites for hydroxylation is 1. The molecule has 0 spiro atoms. The topological polar surface area (TPSA) is 33.7 Å². The van der Waals surface area contributed by atoms with Gasteiger partial charge in [0, 0.05) is 30.6 Å². The van der Waals surface area contributed by atoms with Crippen molar-refractivity contribution >= 4 is 0 Å². The third-order valence-electron chi connectivity index (χ3n) is 6.13. The minimum atomic E-state index is 0.352. The standard InChI is InChI=1S/C22H26N2O2/c1-15-6-7-20-22(26-14-25-20)21(15)17-9-11-24(12-17)13-19-18-5-3-2-4-16(18)8-10-23-19/h2-7,17,19,23H,8-14H2,1H3/t17-,19-/m0/s1. The first-order chi connectivity index (χ1) is 12.8. The van der Waals surface area contributed by atoms with Crippen molar-refractivity contribution < 1.29 is 9.47 Å². The molecule has 26 heavy (non-hydrogen) atoms. The van der Waals surface area contributed by atoms with Crippen LogP contribution in [-0.2, 0) is 6.42 Å². The molecular formula is C22H26N2O2. The number of rotatable bonds is 3. The van der Waals surface area contributed by atoms with Gasteiger partial charge in [-0.1, -0.05) is 30.3 Å². The molecular weight excluding hydrogens is 324 g/mol. The van der Waals surface area contributed by atoms with Crippen LogP contribution in [0.25, 0.3) is 0 Å². The molecule has 0 aromatic heterocycles. The zero-order valence-electron chi connectivity index (χ0n) is 15.3. The van der Waals surface area contributed by atoms with Crippen LogP contribution in [0.3, 0.4) is 0 Å². The monoisotopic (exact) mass is 350 g/mol. The summed E-state index contributed by atoms with van der Waals surface area (Å²) in [6.45, 7) is 6.95. The summed E-state index contributed by atoms with van der Waals surface area (Å²) in [6.07, 6.45) is 2.33. The third-order valence-corrected chi connectivity index (χ3v) is 6.13. The Labute approximate surface area is 155 Å². The summed E-state index contributed by atoms with van der Waals surface area (Å²) in [5.74, 6) is 2.43. The van der Waals surface area contributed by atoms with Gasteiger partial charge >= 0.3 is 0 Å². The molecule has 2 aromatic carbocycles. The molecule has 1 N–H and O–H groups in total. The number of ether oxygens (including phenoxy) is 2. The molecule has 5 rings (SSSR count). The van der Waals surface area contributed by atoms with Crippen molar-refractivity contribution in [3.63, 3.8) is 0 Å². The Bertz CT molecular complexity index is 820. The first-order valence-corrected chi connectivity index (χ1v) is 9.72. The Morgan fingerprint density at radius 3 is 3.04 bits per heavy atom. The van der Waals surface area contributed by atoms with Crippen LogP contribution in [0.2, 0.25) is 0 Å². The lowest BCUT2D eigenvalue weighted by atomic mass is 9.92. The third kappa shape index (κ3) is 2.78. The minimum absolute atomic E-state index is 0.352. The van der Waals surface area contributed by atoms with Crippen LogP contribution in [0.1, 0.15) is 40.6 Å². The van der Waals surface area contributed by atoms with Gasteiger partial charge in [0.25, 0.3) is 0 Å². The van der Waals surface area contributed by atoms with Crippen LogP contribution < -0.4 is 14.8 Å². The van der Waals surface area contributed by atoms with Crippen molar-refractivity contribution in [2.24, 2.45) is 0 Å². The molecule has 4 nitrogen and oxygen atoms in total. The van der Waals surface area contributed by atoms with E-state index in [0.29, 0.717) is 18.8 Å². The number of likely N-dealkylation sites (tertiary alicyclic amines) is 1. The summed E-state index contributed by atoms with van der Waals surface area (Å²) in [4.78, 5) is 2.61. The maximum absolute atomic E-state index is 5.80. The highest BCUT2D eigenvalue weighted by Gasteiger charge is 2.32. The van der Waals surface area contributed by atoms with Gasteiger partial charge in [0.2, 0.25) is 6.79 Å². The van der Waals surface area contributed by atoms with E-state index in [1.165, 1.54) is 28.7 Å². The molecule has 2 aromatic rings. The molecule has 1 saturated heterocycles. The molecule has 136 valence electrons. The summed E-state index contributed by atoms with van der Waals surface area (Å²) in [7, 11) is 0. The number of nitrogens with one attached hydrogen (secondary N) is 1. The second-order valence-corrected chi connectivity index (χ2v) is 7.73. The molecule has 0 unspecified atom stereocenters. The fraction of sp³-hybridized carbons (Fsp3) is 0.455. The van der Waals surface area contributed by atoms with Crippen molar-refractivity contribution in [1.29, 1.82) is 0 Å². The van der Waals surface area contributed by atoms with Crippen LogP contribution in [0.5, 0.6) is 11.5 Å². The Kier molecular flexibility index (Phi) is 4.10. The number of nitrogens with zero attached hydrogens (tertiary/aromatic N) is 1. The molecule has 1 fully saturated rings. The summed E-state index contributed by atoms with van der Waals surface area (Å²) in [5, 5.41) is 3.72. The number of benzene rings is 2. The molecule has 0 aliphatic carbocycles. The number of hydrogen-bond donors (Lipinski definition) is 1. The van der Waals surface area contributed by atoms with Gasteiger partial charge in [-0.3, -0.25) is 0 Å². The van der Waals surface area contributed by atoms with Gasteiger partial charge in [-0.2, -0.15) is 0 Å². The van der Waals surface area contributed by atoms with Gasteiger partial charge in [0.05, 0.1) is 0 Å². The summed E-state index contributed by atoms with van der Waals surface area (Å²) in [5.41, 5.74) is 5.67. The zero-order chi connectivity index (χ0) is 17.5. The molecule has 3 aliphatic rings. The van der Waals surface area contributed by atoms with Crippen molar-refractivity contribution in [2.45, 2.75) is 31.7 Å². The summed E-state index contributed by atoms with van der Waals surface area (Å²) >= 11 is 0. The molecule has 0 bridgehead atoms. The highest BCUT2D eigenvalue weighted by molar-refractivity contribution is 5.53. The summed E-state index contributed by atoms with van der Waals surface area (Å²) in [6, 6.07) is 13.6. The maximum atomic E-state index is 5.80. The zero-order valence-corrected chi connectivity index (χ0v) is 15.3. The molecule has 0 amide bonds. The van der Waals surface area contributed by atoms with Crippen LogP contribution in [-0.4, -0.2) is 37.9 Å². The maximum Gasteiger partial charge on any atom is 0.231 e. The summed E-state index contributed by atoms with van der Waals surface area (Å²) < 4.78 is 11.4. The number of hydrogen-bond acceptors (Lipinski definition) is 4. The van der Waals surface area contributed by atoms with Crippen molar-refractivity contribution in [2.75, 3.05) is 33.0 Å².